The Hall–Kier alpha value is -1.19. The Kier molecular flexibility index (Phi) is 10.3. The summed E-state index contributed by atoms with van der Waals surface area (Å²) in [7, 11) is -1.95. The maximum atomic E-state index is 13.0. The number of ether oxygens (including phenoxy) is 1. The summed E-state index contributed by atoms with van der Waals surface area (Å²) < 4.78 is 32.5. The van der Waals surface area contributed by atoms with Crippen LogP contribution in [-0.4, -0.2) is 58.5 Å². The first-order valence-electron chi connectivity index (χ1n) is 9.05. The van der Waals surface area contributed by atoms with Crippen LogP contribution in [0.1, 0.15) is 31.2 Å². The highest BCUT2D eigenvalue weighted by atomic mass is 35.5. The predicted octanol–water partition coefficient (Wildman–Crippen LogP) is 2.16. The molecule has 1 aliphatic rings. The first-order chi connectivity index (χ1) is 12.4. The van der Waals surface area contributed by atoms with E-state index < -0.39 is 10.0 Å². The molecule has 9 heteroatoms. The largest absolute Gasteiger partial charge is 0.383 e. The van der Waals surface area contributed by atoms with E-state index in [1.165, 1.54) is 0 Å². The molecule has 2 rings (SSSR count). The van der Waals surface area contributed by atoms with Gasteiger partial charge in [-0.25, -0.2) is 8.42 Å². The molecule has 7 nitrogen and oxygen atoms in total. The van der Waals surface area contributed by atoms with Gasteiger partial charge in [-0.15, -0.1) is 12.4 Å². The van der Waals surface area contributed by atoms with Crippen molar-refractivity contribution >= 4 is 34.0 Å². The molecule has 1 heterocycles. The first kappa shape index (κ1) is 23.8. The Morgan fingerprint density at radius 2 is 1.85 bits per heavy atom. The Morgan fingerprint density at radius 3 is 2.48 bits per heavy atom. The molecule has 27 heavy (non-hydrogen) atoms. The Labute approximate surface area is 168 Å². The van der Waals surface area contributed by atoms with Gasteiger partial charge in [0.2, 0.25) is 15.9 Å². The Balaban J connectivity index is 0.00000364. The van der Waals surface area contributed by atoms with Crippen LogP contribution in [0.4, 0.5) is 5.69 Å². The van der Waals surface area contributed by atoms with Crippen LogP contribution in [0.3, 0.4) is 0 Å². The average molecular weight is 420 g/mol. The Bertz CT molecular complexity index is 705. The molecule has 1 aromatic carbocycles. The van der Waals surface area contributed by atoms with E-state index in [1.807, 2.05) is 0 Å². The number of methoxy groups -OCH3 is 1. The number of sulfonamides is 1. The van der Waals surface area contributed by atoms with Crippen LogP contribution < -0.4 is 10.6 Å². The second kappa shape index (κ2) is 11.6. The number of halogens is 1. The molecule has 0 aromatic heterocycles. The number of anilines is 1. The van der Waals surface area contributed by atoms with Gasteiger partial charge in [-0.2, -0.15) is 4.31 Å². The monoisotopic (exact) mass is 419 g/mol. The highest BCUT2D eigenvalue weighted by molar-refractivity contribution is 7.89. The average Bonchev–Trinajstić information content (AvgIpc) is 2.90. The summed E-state index contributed by atoms with van der Waals surface area (Å²) in [6.45, 7) is 4.14. The fourth-order valence-corrected chi connectivity index (χ4v) is 4.73. The number of amides is 1. The summed E-state index contributed by atoms with van der Waals surface area (Å²) in [5, 5.41) is 5.71. The summed E-state index contributed by atoms with van der Waals surface area (Å²) >= 11 is 0. The number of benzene rings is 1. The van der Waals surface area contributed by atoms with Gasteiger partial charge in [-0.1, -0.05) is 18.9 Å². The highest BCUT2D eigenvalue weighted by Gasteiger charge is 2.27. The molecule has 1 saturated heterocycles. The molecule has 0 spiro atoms. The lowest BCUT2D eigenvalue weighted by Crippen LogP contribution is -2.32. The van der Waals surface area contributed by atoms with Gasteiger partial charge in [-0.3, -0.25) is 4.79 Å². The van der Waals surface area contributed by atoms with Crippen LogP contribution in [0.15, 0.2) is 23.1 Å². The summed E-state index contributed by atoms with van der Waals surface area (Å²) in [5.41, 5.74) is 1.17. The fraction of sp³-hybridized carbons (Fsp3) is 0.611. The molecular weight excluding hydrogens is 390 g/mol. The lowest BCUT2D eigenvalue weighted by molar-refractivity contribution is -0.115. The van der Waals surface area contributed by atoms with Crippen molar-refractivity contribution in [3.8, 4) is 0 Å². The van der Waals surface area contributed by atoms with E-state index >= 15 is 0 Å². The topological polar surface area (TPSA) is 87.7 Å². The van der Waals surface area contributed by atoms with E-state index in [4.69, 9.17) is 4.74 Å². The predicted molar refractivity (Wildman–Crippen MR) is 109 cm³/mol. The highest BCUT2D eigenvalue weighted by Crippen LogP contribution is 2.25. The maximum absolute atomic E-state index is 13.0. The normalized spacial score (nSPS) is 15.6. The van der Waals surface area contributed by atoms with Crippen LogP contribution in [0.2, 0.25) is 0 Å². The number of nitrogens with zero attached hydrogens (tertiary/aromatic N) is 1. The number of hydrogen-bond acceptors (Lipinski definition) is 5. The van der Waals surface area contributed by atoms with E-state index in [9.17, 15) is 13.2 Å². The lowest BCUT2D eigenvalue weighted by Gasteiger charge is -2.21. The van der Waals surface area contributed by atoms with Gasteiger partial charge < -0.3 is 15.4 Å². The van der Waals surface area contributed by atoms with Crippen LogP contribution in [0.5, 0.6) is 0 Å². The number of hydrogen-bond donors (Lipinski definition) is 2. The SMILES string of the molecule is COCCNCC(=O)Nc1ccc(C)c(S(=O)(=O)N2CCCCCC2)c1.Cl. The molecule has 0 saturated carbocycles. The van der Waals surface area contributed by atoms with Crippen LogP contribution >= 0.6 is 12.4 Å². The molecule has 2 N–H and O–H groups in total. The zero-order valence-corrected chi connectivity index (χ0v) is 17.6. The first-order valence-corrected chi connectivity index (χ1v) is 10.5. The number of carbonyl (C=O) groups excluding carboxylic acids is 1. The summed E-state index contributed by atoms with van der Waals surface area (Å²) in [6.07, 6.45) is 3.91. The summed E-state index contributed by atoms with van der Waals surface area (Å²) in [5.74, 6) is -0.219. The van der Waals surface area contributed by atoms with E-state index in [1.54, 1.807) is 36.5 Å². The van der Waals surface area contributed by atoms with Crippen molar-refractivity contribution in [3.63, 3.8) is 0 Å². The van der Waals surface area contributed by atoms with Crippen molar-refractivity contribution in [1.82, 2.24) is 9.62 Å². The molecule has 0 bridgehead atoms. The van der Waals surface area contributed by atoms with Gasteiger partial charge in [0, 0.05) is 32.4 Å². The smallest absolute Gasteiger partial charge is 0.243 e. The standard InChI is InChI=1S/C18H29N3O4S.ClH/c1-15-7-8-16(20-18(22)14-19-9-12-25-2)13-17(15)26(23,24)21-10-5-3-4-6-11-21;/h7-8,13,19H,3-6,9-12,14H2,1-2H3,(H,20,22);1H. The van der Waals surface area contributed by atoms with Crippen molar-refractivity contribution in [2.75, 3.05) is 45.2 Å². The molecule has 0 radical (unpaired) electrons. The number of rotatable bonds is 8. The minimum absolute atomic E-state index is 0. The van der Waals surface area contributed by atoms with E-state index in [2.05, 4.69) is 10.6 Å². The van der Waals surface area contributed by atoms with Gasteiger partial charge in [0.25, 0.3) is 0 Å². The van der Waals surface area contributed by atoms with Gasteiger partial charge in [0.1, 0.15) is 0 Å². The van der Waals surface area contributed by atoms with Crippen molar-refractivity contribution in [3.05, 3.63) is 23.8 Å². The molecule has 1 aromatic rings. The molecule has 1 aliphatic heterocycles. The molecule has 154 valence electrons. The van der Waals surface area contributed by atoms with Crippen molar-refractivity contribution in [2.24, 2.45) is 0 Å². The minimum Gasteiger partial charge on any atom is -0.383 e. The molecular formula is C18H30ClN3O4S. The molecule has 0 unspecified atom stereocenters. The minimum atomic E-state index is -3.55. The maximum Gasteiger partial charge on any atom is 0.243 e. The molecule has 1 fully saturated rings. The van der Waals surface area contributed by atoms with Crippen LogP contribution in [-0.2, 0) is 19.6 Å². The third-order valence-corrected chi connectivity index (χ3v) is 6.46. The zero-order chi connectivity index (χ0) is 19.0. The van der Waals surface area contributed by atoms with Gasteiger partial charge in [0.15, 0.2) is 0 Å². The number of aryl methyl sites for hydroxylation is 1. The van der Waals surface area contributed by atoms with Crippen molar-refractivity contribution < 1.29 is 17.9 Å². The lowest BCUT2D eigenvalue weighted by atomic mass is 10.2. The van der Waals surface area contributed by atoms with Crippen LogP contribution in [0.25, 0.3) is 0 Å². The van der Waals surface area contributed by atoms with Crippen LogP contribution in [0, 0.1) is 6.92 Å². The van der Waals surface area contributed by atoms with Crippen molar-refractivity contribution in [1.29, 1.82) is 0 Å². The summed E-state index contributed by atoms with van der Waals surface area (Å²) in [6, 6.07) is 5.02. The van der Waals surface area contributed by atoms with E-state index in [0.717, 1.165) is 25.7 Å². The quantitative estimate of drug-likeness (QED) is 0.630. The Morgan fingerprint density at radius 1 is 1.19 bits per heavy atom. The molecule has 1 amide bonds. The second-order valence-corrected chi connectivity index (χ2v) is 8.42. The summed E-state index contributed by atoms with van der Waals surface area (Å²) in [4.78, 5) is 12.3. The van der Waals surface area contributed by atoms with E-state index in [-0.39, 0.29) is 29.8 Å². The van der Waals surface area contributed by atoms with Gasteiger partial charge >= 0.3 is 0 Å². The number of nitrogens with one attached hydrogen (secondary N) is 2. The molecule has 0 atom stereocenters. The van der Waals surface area contributed by atoms with Gasteiger partial charge in [-0.05, 0) is 37.5 Å². The zero-order valence-electron chi connectivity index (χ0n) is 16.0. The van der Waals surface area contributed by atoms with E-state index in [0.29, 0.717) is 37.5 Å². The molecule has 0 aliphatic carbocycles. The van der Waals surface area contributed by atoms with Gasteiger partial charge in [0.05, 0.1) is 18.0 Å². The third-order valence-electron chi connectivity index (χ3n) is 4.42. The van der Waals surface area contributed by atoms with Crippen molar-refractivity contribution in [2.45, 2.75) is 37.5 Å². The number of carbonyl (C=O) groups is 1. The third kappa shape index (κ3) is 7.04. The second-order valence-electron chi connectivity index (χ2n) is 6.52. The fourth-order valence-electron chi connectivity index (χ4n) is 2.96.